The van der Waals surface area contributed by atoms with Crippen LogP contribution in [0.1, 0.15) is 71.1 Å². The summed E-state index contributed by atoms with van der Waals surface area (Å²) >= 11 is 0. The number of rotatable bonds is 12. The molecular weight excluding hydrogens is 264 g/mol. The van der Waals surface area contributed by atoms with E-state index in [0.717, 1.165) is 12.8 Å². The molecule has 5 nitrogen and oxygen atoms in total. The molecule has 1 aromatic rings. The number of urea groups is 1. The van der Waals surface area contributed by atoms with Crippen LogP contribution in [0.15, 0.2) is 18.7 Å². The molecule has 2 amide bonds. The first-order valence-corrected chi connectivity index (χ1v) is 8.31. The molecule has 1 rings (SSSR count). The number of unbranched alkanes of at least 4 members (excludes halogenated alkanes) is 9. The van der Waals surface area contributed by atoms with E-state index in [2.05, 4.69) is 11.9 Å². The van der Waals surface area contributed by atoms with Crippen LogP contribution in [0, 0.1) is 0 Å². The molecule has 0 radical (unpaired) electrons. The maximum Gasteiger partial charge on any atom is 0.333 e. The van der Waals surface area contributed by atoms with Gasteiger partial charge in [0.15, 0.2) is 0 Å². The Kier molecular flexibility index (Phi) is 9.33. The molecule has 21 heavy (non-hydrogen) atoms. The van der Waals surface area contributed by atoms with Crippen LogP contribution in [0.5, 0.6) is 0 Å². The monoisotopic (exact) mass is 294 g/mol. The molecule has 5 heteroatoms. The van der Waals surface area contributed by atoms with Gasteiger partial charge in [-0.2, -0.15) is 0 Å². The van der Waals surface area contributed by atoms with Crippen molar-refractivity contribution >= 4 is 6.03 Å². The third-order valence-electron chi connectivity index (χ3n) is 3.75. The zero-order valence-corrected chi connectivity index (χ0v) is 13.3. The minimum atomic E-state index is -0.427. The summed E-state index contributed by atoms with van der Waals surface area (Å²) in [5.41, 5.74) is 5.39. The summed E-state index contributed by atoms with van der Waals surface area (Å²) < 4.78 is 1.65. The van der Waals surface area contributed by atoms with E-state index in [1.54, 1.807) is 23.4 Å². The van der Waals surface area contributed by atoms with Crippen LogP contribution in [0.2, 0.25) is 0 Å². The van der Waals surface area contributed by atoms with Crippen LogP contribution >= 0.6 is 0 Å². The number of primary amides is 1. The molecule has 0 saturated heterocycles. The van der Waals surface area contributed by atoms with Gasteiger partial charge in [0.05, 0.1) is 0 Å². The first kappa shape index (κ1) is 17.5. The predicted octanol–water partition coefficient (Wildman–Crippen LogP) is 3.82. The summed E-state index contributed by atoms with van der Waals surface area (Å²) in [5, 5.41) is 1.53. The zero-order chi connectivity index (χ0) is 15.3. The molecule has 2 N–H and O–H groups in total. The van der Waals surface area contributed by atoms with Crippen molar-refractivity contribution in [2.45, 2.75) is 71.1 Å². The Bertz CT molecular complexity index is 364. The summed E-state index contributed by atoms with van der Waals surface area (Å²) in [6.07, 6.45) is 17.8. The molecule has 0 bridgehead atoms. The van der Waals surface area contributed by atoms with Crippen LogP contribution in [0.3, 0.4) is 0 Å². The Balaban J connectivity index is 2.01. The van der Waals surface area contributed by atoms with Crippen molar-refractivity contribution in [1.82, 2.24) is 9.66 Å². The highest BCUT2D eigenvalue weighted by molar-refractivity contribution is 5.82. The summed E-state index contributed by atoms with van der Waals surface area (Å²) in [5.74, 6) is 0. The van der Waals surface area contributed by atoms with Crippen LogP contribution in [0.4, 0.5) is 4.79 Å². The number of hydrogen-bond donors (Lipinski definition) is 1. The lowest BCUT2D eigenvalue weighted by molar-refractivity contribution is 0.248. The van der Waals surface area contributed by atoms with Crippen molar-refractivity contribution in [1.29, 1.82) is 0 Å². The summed E-state index contributed by atoms with van der Waals surface area (Å²) in [4.78, 5) is 15.3. The quantitative estimate of drug-likeness (QED) is 0.596. The van der Waals surface area contributed by atoms with E-state index in [4.69, 9.17) is 5.73 Å². The number of nitrogens with zero attached hydrogens (tertiary/aromatic N) is 3. The fraction of sp³-hybridized carbons (Fsp3) is 0.750. The molecule has 0 fully saturated rings. The van der Waals surface area contributed by atoms with Crippen LogP contribution in [-0.4, -0.2) is 22.2 Å². The topological polar surface area (TPSA) is 64.2 Å². The van der Waals surface area contributed by atoms with Gasteiger partial charge in [0.1, 0.15) is 6.33 Å². The number of carbonyl (C=O) groups is 1. The van der Waals surface area contributed by atoms with E-state index < -0.39 is 6.03 Å². The Labute approximate surface area is 128 Å². The van der Waals surface area contributed by atoms with Crippen molar-refractivity contribution in [3.63, 3.8) is 0 Å². The molecule has 0 spiro atoms. The van der Waals surface area contributed by atoms with Crippen LogP contribution in [-0.2, 0) is 0 Å². The molecule has 0 unspecified atom stereocenters. The molecule has 0 aromatic carbocycles. The number of aromatic nitrogens is 2. The van der Waals surface area contributed by atoms with E-state index in [1.807, 2.05) is 0 Å². The average molecular weight is 294 g/mol. The number of amides is 2. The highest BCUT2D eigenvalue weighted by Gasteiger charge is 2.10. The maximum atomic E-state index is 11.4. The smallest absolute Gasteiger partial charge is 0.333 e. The van der Waals surface area contributed by atoms with Gasteiger partial charge < -0.3 is 5.73 Å². The van der Waals surface area contributed by atoms with Crippen LogP contribution < -0.4 is 10.7 Å². The van der Waals surface area contributed by atoms with Gasteiger partial charge in [-0.15, -0.1) is 0 Å². The summed E-state index contributed by atoms with van der Waals surface area (Å²) in [6, 6.07) is -0.427. The van der Waals surface area contributed by atoms with Crippen molar-refractivity contribution < 1.29 is 4.79 Å². The first-order chi connectivity index (χ1) is 10.3. The molecule has 1 heterocycles. The van der Waals surface area contributed by atoms with Gasteiger partial charge in [-0.05, 0) is 6.42 Å². The highest BCUT2D eigenvalue weighted by Crippen LogP contribution is 2.10. The molecular formula is C16H30N4O. The van der Waals surface area contributed by atoms with Crippen molar-refractivity contribution in [2.24, 2.45) is 5.73 Å². The van der Waals surface area contributed by atoms with Gasteiger partial charge >= 0.3 is 6.03 Å². The maximum absolute atomic E-state index is 11.4. The molecule has 0 saturated carbocycles. The lowest BCUT2D eigenvalue weighted by Gasteiger charge is -2.20. The standard InChI is InChI=1S/C16H30N4O/c1-2-3-4-5-6-7-8-9-10-11-13-20(16(17)21)19-14-12-18-15-19/h12,14-15H,2-11,13H2,1H3,(H2,17,21). The van der Waals surface area contributed by atoms with Gasteiger partial charge in [-0.1, -0.05) is 64.7 Å². The fourth-order valence-electron chi connectivity index (χ4n) is 2.48. The number of nitrogens with two attached hydrogens (primary N) is 1. The van der Waals surface area contributed by atoms with E-state index in [0.29, 0.717) is 6.54 Å². The van der Waals surface area contributed by atoms with E-state index in [-0.39, 0.29) is 0 Å². The Morgan fingerprint density at radius 1 is 1.05 bits per heavy atom. The zero-order valence-electron chi connectivity index (χ0n) is 13.3. The molecule has 120 valence electrons. The van der Waals surface area contributed by atoms with E-state index in [1.165, 1.54) is 56.4 Å². The summed E-state index contributed by atoms with van der Waals surface area (Å²) in [6.45, 7) is 2.90. The normalized spacial score (nSPS) is 10.7. The molecule has 0 aliphatic heterocycles. The SMILES string of the molecule is CCCCCCCCCCCCN(C(N)=O)n1ccnc1. The van der Waals surface area contributed by atoms with E-state index in [9.17, 15) is 4.79 Å². The van der Waals surface area contributed by atoms with Gasteiger partial charge in [-0.3, -0.25) is 0 Å². The molecule has 0 aliphatic rings. The van der Waals surface area contributed by atoms with Crippen LogP contribution in [0.25, 0.3) is 0 Å². The molecule has 0 aliphatic carbocycles. The third-order valence-corrected chi connectivity index (χ3v) is 3.75. The average Bonchev–Trinajstić information content (AvgIpc) is 2.98. The minimum Gasteiger partial charge on any atom is -0.350 e. The summed E-state index contributed by atoms with van der Waals surface area (Å²) in [7, 11) is 0. The number of imidazole rings is 1. The second-order valence-electron chi connectivity index (χ2n) is 5.59. The Hall–Kier alpha value is -1.52. The van der Waals surface area contributed by atoms with Gasteiger partial charge in [0, 0.05) is 18.9 Å². The molecule has 1 aromatic heterocycles. The van der Waals surface area contributed by atoms with Gasteiger partial charge in [-0.25, -0.2) is 19.5 Å². The Morgan fingerprint density at radius 2 is 1.62 bits per heavy atom. The number of hydrogen-bond acceptors (Lipinski definition) is 2. The third kappa shape index (κ3) is 7.73. The fourth-order valence-corrected chi connectivity index (χ4v) is 2.48. The molecule has 0 atom stereocenters. The minimum absolute atomic E-state index is 0.427. The predicted molar refractivity (Wildman–Crippen MR) is 86.7 cm³/mol. The second kappa shape index (κ2) is 11.2. The van der Waals surface area contributed by atoms with Gasteiger partial charge in [0.25, 0.3) is 0 Å². The lowest BCUT2D eigenvalue weighted by atomic mass is 10.1. The van der Waals surface area contributed by atoms with Crippen molar-refractivity contribution in [2.75, 3.05) is 11.6 Å². The number of carbonyl (C=O) groups excluding carboxylic acids is 1. The van der Waals surface area contributed by atoms with Gasteiger partial charge in [0.2, 0.25) is 0 Å². The van der Waals surface area contributed by atoms with E-state index >= 15 is 0 Å². The second-order valence-corrected chi connectivity index (χ2v) is 5.59. The highest BCUT2D eigenvalue weighted by atomic mass is 16.2. The first-order valence-electron chi connectivity index (χ1n) is 8.31. The lowest BCUT2D eigenvalue weighted by Crippen LogP contribution is -2.44. The largest absolute Gasteiger partial charge is 0.350 e. The van der Waals surface area contributed by atoms with Crippen molar-refractivity contribution in [3.8, 4) is 0 Å². The van der Waals surface area contributed by atoms with Crippen molar-refractivity contribution in [3.05, 3.63) is 18.7 Å². The Morgan fingerprint density at radius 3 is 2.10 bits per heavy atom.